The van der Waals surface area contributed by atoms with E-state index in [1.165, 1.54) is 6.42 Å². The molecule has 0 nitrogen and oxygen atoms in total. The Morgan fingerprint density at radius 1 is 1.36 bits per heavy atom. The van der Waals surface area contributed by atoms with Gasteiger partial charge in [-0.2, -0.15) is 0 Å². The summed E-state index contributed by atoms with van der Waals surface area (Å²) < 4.78 is 0.830. The van der Waals surface area contributed by atoms with Gasteiger partial charge in [-0.15, -0.1) is 12.6 Å². The molecule has 11 heavy (non-hydrogen) atoms. The third kappa shape index (κ3) is 3.73. The van der Waals surface area contributed by atoms with Gasteiger partial charge in [0.2, 0.25) is 0 Å². The summed E-state index contributed by atoms with van der Waals surface area (Å²) in [5, 5.41) is 0. The van der Waals surface area contributed by atoms with Gasteiger partial charge in [-0.25, -0.2) is 0 Å². The molecular weight excluding hydrogens is 172 g/mol. The summed E-state index contributed by atoms with van der Waals surface area (Å²) in [5.74, 6) is 0.651. The Labute approximate surface area is 78.8 Å². The molecule has 0 N–H and O–H groups in total. The molecule has 0 unspecified atom stereocenters. The number of thiol groups is 1. The minimum absolute atomic E-state index is 0.651. The first-order valence-corrected chi connectivity index (χ1v) is 4.71. The van der Waals surface area contributed by atoms with Gasteiger partial charge in [0, 0.05) is 4.20 Å². The van der Waals surface area contributed by atoms with Crippen molar-refractivity contribution in [3.8, 4) is 0 Å². The molecule has 60 valence electrons. The van der Waals surface area contributed by atoms with Gasteiger partial charge in [0.15, 0.2) is 0 Å². The van der Waals surface area contributed by atoms with Gasteiger partial charge in [-0.1, -0.05) is 36.5 Å². The standard InChI is InChI=1S/C9H12S2/c10-9(11)7-3-6-8-4-1-2-5-8/h1-2,4-5,8H,3,6-7H2,(H,10,11). The van der Waals surface area contributed by atoms with E-state index < -0.39 is 0 Å². The van der Waals surface area contributed by atoms with E-state index in [0.717, 1.165) is 17.0 Å². The van der Waals surface area contributed by atoms with Crippen LogP contribution in [0.2, 0.25) is 0 Å². The van der Waals surface area contributed by atoms with E-state index in [0.29, 0.717) is 5.92 Å². The van der Waals surface area contributed by atoms with E-state index in [-0.39, 0.29) is 0 Å². The number of rotatable bonds is 4. The minimum Gasteiger partial charge on any atom is -0.136 e. The predicted molar refractivity (Wildman–Crippen MR) is 57.2 cm³/mol. The molecule has 0 bridgehead atoms. The molecule has 0 atom stereocenters. The number of allylic oxidation sites excluding steroid dienone is 4. The Kier molecular flexibility index (Phi) is 3.87. The average molecular weight is 184 g/mol. The molecule has 0 heterocycles. The number of hydrogen-bond donors (Lipinski definition) is 1. The van der Waals surface area contributed by atoms with Crippen molar-refractivity contribution >= 4 is 29.0 Å². The third-order valence-corrected chi connectivity index (χ3v) is 2.18. The lowest BCUT2D eigenvalue weighted by molar-refractivity contribution is 0.680. The van der Waals surface area contributed by atoms with Crippen molar-refractivity contribution in [3.63, 3.8) is 0 Å². The minimum atomic E-state index is 0.651. The van der Waals surface area contributed by atoms with Crippen LogP contribution in [0.4, 0.5) is 0 Å². The normalized spacial score (nSPS) is 16.1. The predicted octanol–water partition coefficient (Wildman–Crippen LogP) is 3.16. The van der Waals surface area contributed by atoms with Crippen LogP contribution in [0.15, 0.2) is 24.3 Å². The van der Waals surface area contributed by atoms with Gasteiger partial charge in [-0.3, -0.25) is 0 Å². The van der Waals surface area contributed by atoms with E-state index in [1.807, 2.05) is 0 Å². The second-order valence-electron chi connectivity index (χ2n) is 2.72. The van der Waals surface area contributed by atoms with Crippen molar-refractivity contribution in [1.29, 1.82) is 0 Å². The van der Waals surface area contributed by atoms with E-state index >= 15 is 0 Å². The maximum atomic E-state index is 4.86. The van der Waals surface area contributed by atoms with Gasteiger partial charge in [0.1, 0.15) is 0 Å². The first-order valence-electron chi connectivity index (χ1n) is 3.86. The highest BCUT2D eigenvalue weighted by Gasteiger charge is 2.02. The fraction of sp³-hybridized carbons (Fsp3) is 0.444. The van der Waals surface area contributed by atoms with Gasteiger partial charge in [0.25, 0.3) is 0 Å². The molecule has 0 saturated heterocycles. The Morgan fingerprint density at radius 3 is 2.55 bits per heavy atom. The largest absolute Gasteiger partial charge is 0.136 e. The summed E-state index contributed by atoms with van der Waals surface area (Å²) in [4.78, 5) is 0. The van der Waals surface area contributed by atoms with Crippen LogP contribution in [0.5, 0.6) is 0 Å². The smallest absolute Gasteiger partial charge is 0.0448 e. The topological polar surface area (TPSA) is 0 Å². The van der Waals surface area contributed by atoms with Crippen molar-refractivity contribution < 1.29 is 0 Å². The molecule has 0 saturated carbocycles. The lowest BCUT2D eigenvalue weighted by atomic mass is 10.0. The second kappa shape index (κ2) is 4.73. The lowest BCUT2D eigenvalue weighted by Gasteiger charge is -2.02. The first kappa shape index (κ1) is 9.01. The summed E-state index contributed by atoms with van der Waals surface area (Å²) in [6.45, 7) is 0. The van der Waals surface area contributed by atoms with E-state index in [1.54, 1.807) is 0 Å². The summed E-state index contributed by atoms with van der Waals surface area (Å²) in [6, 6.07) is 0. The molecule has 2 heteroatoms. The number of hydrogen-bond acceptors (Lipinski definition) is 1. The van der Waals surface area contributed by atoms with Crippen molar-refractivity contribution in [3.05, 3.63) is 24.3 Å². The Morgan fingerprint density at radius 2 is 2.00 bits per heavy atom. The quantitative estimate of drug-likeness (QED) is 0.517. The zero-order chi connectivity index (χ0) is 8.10. The molecule has 1 rings (SSSR count). The SMILES string of the molecule is S=C(S)CCCC1C=CC=C1. The van der Waals surface area contributed by atoms with Gasteiger partial charge in [-0.05, 0) is 25.2 Å². The van der Waals surface area contributed by atoms with E-state index in [9.17, 15) is 0 Å². The monoisotopic (exact) mass is 184 g/mol. The van der Waals surface area contributed by atoms with Crippen LogP contribution in [0.25, 0.3) is 0 Å². The molecule has 1 aliphatic rings. The summed E-state index contributed by atoms with van der Waals surface area (Å²) in [6.07, 6.45) is 12.0. The molecule has 0 fully saturated rings. The fourth-order valence-corrected chi connectivity index (χ4v) is 1.46. The Balaban J connectivity index is 2.08. The molecule has 0 amide bonds. The van der Waals surface area contributed by atoms with Crippen molar-refractivity contribution in [2.45, 2.75) is 19.3 Å². The lowest BCUT2D eigenvalue weighted by Crippen LogP contribution is -1.91. The molecule has 0 aromatic rings. The zero-order valence-electron chi connectivity index (χ0n) is 6.36. The molecule has 1 aliphatic carbocycles. The maximum Gasteiger partial charge on any atom is 0.0448 e. The zero-order valence-corrected chi connectivity index (χ0v) is 8.07. The fourth-order valence-electron chi connectivity index (χ4n) is 1.16. The van der Waals surface area contributed by atoms with Gasteiger partial charge in [0.05, 0.1) is 0 Å². The van der Waals surface area contributed by atoms with E-state index in [2.05, 4.69) is 36.9 Å². The first-order chi connectivity index (χ1) is 5.29. The molecule has 0 radical (unpaired) electrons. The highest BCUT2D eigenvalue weighted by molar-refractivity contribution is 8.11. The van der Waals surface area contributed by atoms with Gasteiger partial charge >= 0.3 is 0 Å². The summed E-state index contributed by atoms with van der Waals surface area (Å²) in [7, 11) is 0. The van der Waals surface area contributed by atoms with Crippen LogP contribution >= 0.6 is 24.8 Å². The van der Waals surface area contributed by atoms with Crippen molar-refractivity contribution in [2.24, 2.45) is 5.92 Å². The number of thiocarbonyl (C=S) groups is 1. The van der Waals surface area contributed by atoms with Gasteiger partial charge < -0.3 is 0 Å². The molecule has 0 aliphatic heterocycles. The van der Waals surface area contributed by atoms with Crippen LogP contribution in [0.3, 0.4) is 0 Å². The maximum absolute atomic E-state index is 4.86. The van der Waals surface area contributed by atoms with E-state index in [4.69, 9.17) is 12.2 Å². The van der Waals surface area contributed by atoms with Crippen LogP contribution in [0, 0.1) is 5.92 Å². The summed E-state index contributed by atoms with van der Waals surface area (Å²) >= 11 is 8.93. The summed E-state index contributed by atoms with van der Waals surface area (Å²) in [5.41, 5.74) is 0. The van der Waals surface area contributed by atoms with Crippen molar-refractivity contribution in [2.75, 3.05) is 0 Å². The second-order valence-corrected chi connectivity index (χ2v) is 4.05. The highest BCUT2D eigenvalue weighted by atomic mass is 32.1. The van der Waals surface area contributed by atoms with Crippen LogP contribution in [-0.4, -0.2) is 4.20 Å². The Hall–Kier alpha value is -0.0800. The van der Waals surface area contributed by atoms with Crippen LogP contribution in [-0.2, 0) is 0 Å². The molecule has 0 aromatic heterocycles. The van der Waals surface area contributed by atoms with Crippen LogP contribution in [0.1, 0.15) is 19.3 Å². The molecule has 0 aromatic carbocycles. The van der Waals surface area contributed by atoms with Crippen molar-refractivity contribution in [1.82, 2.24) is 0 Å². The highest BCUT2D eigenvalue weighted by Crippen LogP contribution is 2.16. The van der Waals surface area contributed by atoms with Crippen LogP contribution < -0.4 is 0 Å². The Bertz CT molecular complexity index is 180. The third-order valence-electron chi connectivity index (χ3n) is 1.76. The average Bonchev–Trinajstić information content (AvgIpc) is 2.39. The molecular formula is C9H12S2. The molecule has 0 spiro atoms.